The average molecular weight is 217 g/mol. The second-order valence-electron chi connectivity index (χ2n) is 3.27. The molecule has 0 aliphatic heterocycles. The highest BCUT2D eigenvalue weighted by Gasteiger charge is 2.08. The monoisotopic (exact) mass is 217 g/mol. The molecule has 0 N–H and O–H groups in total. The van der Waals surface area contributed by atoms with Crippen LogP contribution in [0, 0.1) is 11.3 Å². The molecule has 0 amide bonds. The molecule has 84 valence electrons. The molecule has 3 nitrogen and oxygen atoms in total. The molecular formula is C13H15NO2. The highest BCUT2D eigenvalue weighted by molar-refractivity contribution is 5.46. The smallest absolute Gasteiger partial charge is 0.162 e. The van der Waals surface area contributed by atoms with Gasteiger partial charge in [-0.05, 0) is 26.0 Å². The Balaban J connectivity index is 2.98. The highest BCUT2D eigenvalue weighted by atomic mass is 16.5. The molecule has 0 aliphatic carbocycles. The Labute approximate surface area is 95.9 Å². The molecule has 1 rings (SSSR count). The quantitative estimate of drug-likeness (QED) is 0.712. The van der Waals surface area contributed by atoms with Crippen molar-refractivity contribution in [2.24, 2.45) is 0 Å². The maximum Gasteiger partial charge on any atom is 0.162 e. The first-order valence-corrected chi connectivity index (χ1v) is 5.17. The van der Waals surface area contributed by atoms with Gasteiger partial charge in [0.2, 0.25) is 0 Å². The van der Waals surface area contributed by atoms with Crippen molar-refractivity contribution in [1.29, 1.82) is 5.26 Å². The van der Waals surface area contributed by atoms with Gasteiger partial charge in [0, 0.05) is 6.07 Å². The average Bonchev–Trinajstić information content (AvgIpc) is 2.31. The summed E-state index contributed by atoms with van der Waals surface area (Å²) in [5, 5.41) is 8.79. The number of hydrogen-bond donors (Lipinski definition) is 0. The van der Waals surface area contributed by atoms with Crippen LogP contribution in [0.5, 0.6) is 11.5 Å². The molecule has 1 atom stereocenters. The second kappa shape index (κ2) is 5.82. The van der Waals surface area contributed by atoms with Crippen LogP contribution >= 0.6 is 0 Å². The van der Waals surface area contributed by atoms with E-state index >= 15 is 0 Å². The highest BCUT2D eigenvalue weighted by Crippen LogP contribution is 2.29. The summed E-state index contributed by atoms with van der Waals surface area (Å²) in [5.41, 5.74) is 0.557. The zero-order valence-electron chi connectivity index (χ0n) is 9.56. The summed E-state index contributed by atoms with van der Waals surface area (Å²) >= 11 is 0. The number of benzene rings is 1. The van der Waals surface area contributed by atoms with E-state index in [-0.39, 0.29) is 6.10 Å². The molecule has 0 saturated carbocycles. The van der Waals surface area contributed by atoms with Crippen molar-refractivity contribution >= 4 is 0 Å². The Morgan fingerprint density at radius 3 is 2.81 bits per heavy atom. The number of ether oxygens (including phenoxy) is 2. The molecule has 1 unspecified atom stereocenters. The minimum absolute atomic E-state index is 0.0906. The van der Waals surface area contributed by atoms with Crippen LogP contribution in [0.15, 0.2) is 30.9 Å². The minimum atomic E-state index is -0.0906. The van der Waals surface area contributed by atoms with Crippen molar-refractivity contribution in [3.05, 3.63) is 36.4 Å². The maximum atomic E-state index is 8.79. The van der Waals surface area contributed by atoms with E-state index in [0.29, 0.717) is 23.7 Å². The number of hydrogen-bond acceptors (Lipinski definition) is 3. The molecule has 0 aliphatic rings. The van der Waals surface area contributed by atoms with Crippen LogP contribution in [-0.4, -0.2) is 12.7 Å². The molecule has 16 heavy (non-hydrogen) atoms. The Kier molecular flexibility index (Phi) is 4.41. The topological polar surface area (TPSA) is 42.2 Å². The van der Waals surface area contributed by atoms with Crippen LogP contribution in [0.3, 0.4) is 0 Å². The third kappa shape index (κ3) is 3.03. The number of nitrogens with zero attached hydrogens (tertiary/aromatic N) is 1. The first-order valence-electron chi connectivity index (χ1n) is 5.17. The zero-order valence-corrected chi connectivity index (χ0v) is 9.56. The summed E-state index contributed by atoms with van der Waals surface area (Å²) in [5.74, 6) is 1.23. The molecule has 0 spiro atoms. The first kappa shape index (κ1) is 12.1. The Hall–Kier alpha value is -1.95. The molecule has 3 heteroatoms. The van der Waals surface area contributed by atoms with Gasteiger partial charge >= 0.3 is 0 Å². The molecule has 0 saturated heterocycles. The normalized spacial score (nSPS) is 11.3. The second-order valence-corrected chi connectivity index (χ2v) is 3.27. The van der Waals surface area contributed by atoms with E-state index in [0.717, 1.165) is 0 Å². The maximum absolute atomic E-state index is 8.79. The number of rotatable bonds is 5. The summed E-state index contributed by atoms with van der Waals surface area (Å²) in [6.45, 7) is 7.96. The van der Waals surface area contributed by atoms with Gasteiger partial charge in [0.15, 0.2) is 11.5 Å². The number of nitriles is 1. The van der Waals surface area contributed by atoms with E-state index in [9.17, 15) is 0 Å². The van der Waals surface area contributed by atoms with Crippen molar-refractivity contribution in [2.75, 3.05) is 6.61 Å². The van der Waals surface area contributed by atoms with Crippen LogP contribution < -0.4 is 9.47 Å². The van der Waals surface area contributed by atoms with E-state index in [1.165, 1.54) is 0 Å². The molecule has 1 aromatic carbocycles. The lowest BCUT2D eigenvalue weighted by atomic mass is 10.2. The summed E-state index contributed by atoms with van der Waals surface area (Å²) in [6.07, 6.45) is 1.61. The Morgan fingerprint density at radius 1 is 1.50 bits per heavy atom. The first-order chi connectivity index (χ1) is 7.71. The molecule has 0 heterocycles. The van der Waals surface area contributed by atoms with Crippen LogP contribution in [0.1, 0.15) is 19.4 Å². The van der Waals surface area contributed by atoms with Gasteiger partial charge in [0.05, 0.1) is 18.2 Å². The largest absolute Gasteiger partial charge is 0.490 e. The molecule has 0 bridgehead atoms. The lowest BCUT2D eigenvalue weighted by Crippen LogP contribution is -2.08. The van der Waals surface area contributed by atoms with Crippen LogP contribution in [0.25, 0.3) is 0 Å². The fourth-order valence-electron chi connectivity index (χ4n) is 1.19. The Morgan fingerprint density at radius 2 is 2.25 bits per heavy atom. The van der Waals surface area contributed by atoms with Gasteiger partial charge in [0.25, 0.3) is 0 Å². The zero-order chi connectivity index (χ0) is 12.0. The van der Waals surface area contributed by atoms with Gasteiger partial charge in [-0.3, -0.25) is 0 Å². The van der Waals surface area contributed by atoms with Crippen LogP contribution in [-0.2, 0) is 0 Å². The summed E-state index contributed by atoms with van der Waals surface area (Å²) in [7, 11) is 0. The molecule has 0 radical (unpaired) electrons. The lowest BCUT2D eigenvalue weighted by molar-refractivity contribution is 0.245. The molecular weight excluding hydrogens is 202 g/mol. The Bertz CT molecular complexity index is 407. The van der Waals surface area contributed by atoms with E-state index < -0.39 is 0 Å². The van der Waals surface area contributed by atoms with Gasteiger partial charge in [0.1, 0.15) is 6.10 Å². The third-order valence-electron chi connectivity index (χ3n) is 2.02. The fourth-order valence-corrected chi connectivity index (χ4v) is 1.19. The van der Waals surface area contributed by atoms with Gasteiger partial charge in [-0.15, -0.1) is 0 Å². The van der Waals surface area contributed by atoms with Crippen molar-refractivity contribution in [3.8, 4) is 17.6 Å². The van der Waals surface area contributed by atoms with Gasteiger partial charge < -0.3 is 9.47 Å². The van der Waals surface area contributed by atoms with Gasteiger partial charge in [-0.2, -0.15) is 5.26 Å². The van der Waals surface area contributed by atoms with Crippen molar-refractivity contribution in [3.63, 3.8) is 0 Å². The summed E-state index contributed by atoms with van der Waals surface area (Å²) in [6, 6.07) is 7.18. The van der Waals surface area contributed by atoms with Crippen molar-refractivity contribution in [2.45, 2.75) is 20.0 Å². The van der Waals surface area contributed by atoms with Gasteiger partial charge in [-0.25, -0.2) is 0 Å². The van der Waals surface area contributed by atoms with Crippen LogP contribution in [0.2, 0.25) is 0 Å². The minimum Gasteiger partial charge on any atom is -0.490 e. The van der Waals surface area contributed by atoms with Crippen LogP contribution in [0.4, 0.5) is 0 Å². The summed E-state index contributed by atoms with van der Waals surface area (Å²) in [4.78, 5) is 0. The van der Waals surface area contributed by atoms with E-state index in [4.69, 9.17) is 14.7 Å². The SMILES string of the molecule is C=CC(C)Oc1ccc(C#N)cc1OCC. The van der Waals surface area contributed by atoms with E-state index in [1.807, 2.05) is 13.8 Å². The lowest BCUT2D eigenvalue weighted by Gasteiger charge is -2.14. The van der Waals surface area contributed by atoms with E-state index in [2.05, 4.69) is 12.6 Å². The van der Waals surface area contributed by atoms with E-state index in [1.54, 1.807) is 24.3 Å². The standard InChI is InChI=1S/C13H15NO2/c1-4-10(3)16-12-7-6-11(9-14)8-13(12)15-5-2/h4,6-8,10H,1,5H2,2-3H3. The molecule has 0 fully saturated rings. The fraction of sp³-hybridized carbons (Fsp3) is 0.308. The third-order valence-corrected chi connectivity index (χ3v) is 2.02. The predicted octanol–water partition coefficient (Wildman–Crippen LogP) is 2.91. The molecule has 0 aromatic heterocycles. The molecule has 1 aromatic rings. The summed E-state index contributed by atoms with van der Waals surface area (Å²) < 4.78 is 11.0. The van der Waals surface area contributed by atoms with Crippen molar-refractivity contribution in [1.82, 2.24) is 0 Å². The van der Waals surface area contributed by atoms with Crippen molar-refractivity contribution < 1.29 is 9.47 Å². The van der Waals surface area contributed by atoms with Gasteiger partial charge in [-0.1, -0.05) is 12.7 Å². The predicted molar refractivity (Wildman–Crippen MR) is 62.6 cm³/mol.